The third-order valence-electron chi connectivity index (χ3n) is 11.2. The minimum Gasteiger partial charge on any atom is -0.456 e. The number of rotatable bonds is 6. The molecule has 0 bridgehead atoms. The first-order chi connectivity index (χ1) is 27.8. The van der Waals surface area contributed by atoms with E-state index in [2.05, 4.69) is 127 Å². The molecule has 2 aromatic heterocycles. The maximum atomic E-state index is 6.70. The zero-order chi connectivity index (χ0) is 37.1. The summed E-state index contributed by atoms with van der Waals surface area (Å²) < 4.78 is 6.70. The molecule has 1 aliphatic carbocycles. The first-order valence-corrected chi connectivity index (χ1v) is 18.9. The van der Waals surface area contributed by atoms with Crippen molar-refractivity contribution < 1.29 is 4.42 Å². The van der Waals surface area contributed by atoms with Gasteiger partial charge in [0.05, 0.1) is 5.41 Å². The second kappa shape index (κ2) is 12.9. The Morgan fingerprint density at radius 3 is 1.50 bits per heavy atom. The van der Waals surface area contributed by atoms with Crippen LogP contribution in [0.4, 0.5) is 0 Å². The molecular weight excluding hydrogens is 683 g/mol. The van der Waals surface area contributed by atoms with Crippen LogP contribution >= 0.6 is 0 Å². The van der Waals surface area contributed by atoms with Crippen LogP contribution in [0.2, 0.25) is 0 Å². The summed E-state index contributed by atoms with van der Waals surface area (Å²) in [5, 5.41) is 2.13. The topological polar surface area (TPSA) is 51.8 Å². The highest BCUT2D eigenvalue weighted by Gasteiger charge is 2.46. The molecule has 0 radical (unpaired) electrons. The van der Waals surface area contributed by atoms with Crippen molar-refractivity contribution in [2.24, 2.45) is 0 Å². The van der Waals surface area contributed by atoms with Crippen LogP contribution < -0.4 is 0 Å². The average Bonchev–Trinajstić information content (AvgIpc) is 3.81. The van der Waals surface area contributed by atoms with E-state index in [1.54, 1.807) is 0 Å². The van der Waals surface area contributed by atoms with E-state index in [-0.39, 0.29) is 0 Å². The van der Waals surface area contributed by atoms with Gasteiger partial charge in [0, 0.05) is 27.5 Å². The normalized spacial score (nSPS) is 12.8. The second-order valence-corrected chi connectivity index (χ2v) is 14.3. The van der Waals surface area contributed by atoms with Crippen molar-refractivity contribution in [2.75, 3.05) is 0 Å². The molecule has 2 heterocycles. The van der Waals surface area contributed by atoms with E-state index in [0.29, 0.717) is 17.5 Å². The summed E-state index contributed by atoms with van der Waals surface area (Å²) in [7, 11) is 0. The highest BCUT2D eigenvalue weighted by molar-refractivity contribution is 6.15. The zero-order valence-corrected chi connectivity index (χ0v) is 30.3. The Kier molecular flexibility index (Phi) is 7.36. The van der Waals surface area contributed by atoms with Crippen LogP contribution in [0.1, 0.15) is 22.3 Å². The van der Waals surface area contributed by atoms with E-state index >= 15 is 0 Å². The molecule has 4 heteroatoms. The molecule has 0 saturated heterocycles. The van der Waals surface area contributed by atoms with Crippen LogP contribution in [0.15, 0.2) is 205 Å². The fraction of sp³-hybridized carbons (Fsp3) is 0.0192. The van der Waals surface area contributed by atoms with Gasteiger partial charge in [0.2, 0.25) is 0 Å². The number of fused-ring (bicyclic) bond motifs is 6. The third kappa shape index (κ3) is 4.89. The maximum Gasteiger partial charge on any atom is 0.164 e. The van der Waals surface area contributed by atoms with Crippen molar-refractivity contribution in [1.29, 1.82) is 0 Å². The fourth-order valence-electron chi connectivity index (χ4n) is 8.85. The number of hydrogen-bond donors (Lipinski definition) is 0. The molecule has 262 valence electrons. The number of hydrogen-bond acceptors (Lipinski definition) is 4. The molecule has 4 nitrogen and oxygen atoms in total. The van der Waals surface area contributed by atoms with Crippen LogP contribution in [0.3, 0.4) is 0 Å². The Morgan fingerprint density at radius 2 is 0.857 bits per heavy atom. The number of furan rings is 1. The Labute approximate surface area is 324 Å². The quantitative estimate of drug-likeness (QED) is 0.172. The number of para-hydroxylation sites is 1. The lowest BCUT2D eigenvalue weighted by molar-refractivity contribution is 0.669. The summed E-state index contributed by atoms with van der Waals surface area (Å²) in [6.45, 7) is 0. The average molecular weight is 716 g/mol. The minimum atomic E-state index is -0.525. The smallest absolute Gasteiger partial charge is 0.164 e. The van der Waals surface area contributed by atoms with Gasteiger partial charge in [-0.05, 0) is 62.7 Å². The van der Waals surface area contributed by atoms with Crippen LogP contribution in [0.5, 0.6) is 0 Å². The minimum absolute atomic E-state index is 0.525. The third-order valence-corrected chi connectivity index (χ3v) is 11.2. The molecule has 11 rings (SSSR count). The Hall–Kier alpha value is -7.43. The predicted molar refractivity (Wildman–Crippen MR) is 226 cm³/mol. The van der Waals surface area contributed by atoms with E-state index in [4.69, 9.17) is 19.4 Å². The van der Waals surface area contributed by atoms with Gasteiger partial charge >= 0.3 is 0 Å². The van der Waals surface area contributed by atoms with E-state index in [1.165, 1.54) is 33.4 Å². The predicted octanol–water partition coefficient (Wildman–Crippen LogP) is 12.8. The van der Waals surface area contributed by atoms with E-state index in [9.17, 15) is 0 Å². The number of aromatic nitrogens is 3. The lowest BCUT2D eigenvalue weighted by Crippen LogP contribution is -2.28. The highest BCUT2D eigenvalue weighted by atomic mass is 16.3. The van der Waals surface area contributed by atoms with Crippen molar-refractivity contribution in [1.82, 2.24) is 15.0 Å². The van der Waals surface area contributed by atoms with Crippen LogP contribution in [0.25, 0.3) is 78.4 Å². The van der Waals surface area contributed by atoms with Crippen molar-refractivity contribution in [3.63, 3.8) is 0 Å². The standard InChI is InChI=1S/C52H33N3O/c1-5-18-34(19-6-1)49-53-50(35-20-7-2-8-21-35)55-51(54-49)36-32-42(48-41-27-14-16-31-45(41)56-46(48)33-36)39-28-17-30-44-47(39)40-26-13-15-29-43(40)52(44,37-22-9-3-10-23-37)38-24-11-4-12-25-38/h1-33H. The fourth-order valence-corrected chi connectivity index (χ4v) is 8.85. The second-order valence-electron chi connectivity index (χ2n) is 14.3. The first-order valence-electron chi connectivity index (χ1n) is 18.9. The molecule has 56 heavy (non-hydrogen) atoms. The Balaban J connectivity index is 1.23. The number of benzene rings is 8. The van der Waals surface area contributed by atoms with Gasteiger partial charge in [-0.1, -0.05) is 182 Å². The first kappa shape index (κ1) is 32.0. The van der Waals surface area contributed by atoms with Gasteiger partial charge in [0.1, 0.15) is 11.2 Å². The van der Waals surface area contributed by atoms with Crippen molar-refractivity contribution in [3.05, 3.63) is 222 Å². The summed E-state index contributed by atoms with van der Waals surface area (Å²) >= 11 is 0. The van der Waals surface area contributed by atoms with E-state index in [1.807, 2.05) is 72.8 Å². The summed E-state index contributed by atoms with van der Waals surface area (Å²) in [6.07, 6.45) is 0. The maximum absolute atomic E-state index is 6.70. The van der Waals surface area contributed by atoms with Gasteiger partial charge < -0.3 is 4.42 Å². The SMILES string of the molecule is c1ccc(-c2nc(-c3ccccc3)nc(-c3cc(-c4cccc5c4-c4ccccc4C5(c4ccccc4)c4ccccc4)c4c(c3)oc3ccccc34)n2)cc1. The molecule has 0 atom stereocenters. The molecule has 0 fully saturated rings. The molecule has 10 aromatic rings. The van der Waals surface area contributed by atoms with Gasteiger partial charge in [-0.2, -0.15) is 0 Å². The van der Waals surface area contributed by atoms with Crippen LogP contribution in [0, 0.1) is 0 Å². The van der Waals surface area contributed by atoms with Gasteiger partial charge in [0.25, 0.3) is 0 Å². The molecular formula is C52H33N3O. The van der Waals surface area contributed by atoms with Gasteiger partial charge in [0.15, 0.2) is 17.5 Å². The molecule has 8 aromatic carbocycles. The highest BCUT2D eigenvalue weighted by Crippen LogP contribution is 2.59. The molecule has 0 N–H and O–H groups in total. The lowest BCUT2D eigenvalue weighted by atomic mass is 9.67. The molecule has 0 unspecified atom stereocenters. The molecule has 1 aliphatic rings. The van der Waals surface area contributed by atoms with Crippen molar-refractivity contribution in [2.45, 2.75) is 5.41 Å². The monoisotopic (exact) mass is 715 g/mol. The molecule has 0 spiro atoms. The number of nitrogens with zero attached hydrogens (tertiary/aromatic N) is 3. The molecule has 0 aliphatic heterocycles. The van der Waals surface area contributed by atoms with Gasteiger partial charge in [-0.25, -0.2) is 15.0 Å². The summed E-state index contributed by atoms with van der Waals surface area (Å²) in [4.78, 5) is 15.3. The zero-order valence-electron chi connectivity index (χ0n) is 30.3. The summed E-state index contributed by atoms with van der Waals surface area (Å²) in [5.74, 6) is 1.81. The Bertz CT molecular complexity index is 2970. The van der Waals surface area contributed by atoms with Crippen molar-refractivity contribution >= 4 is 21.9 Å². The largest absolute Gasteiger partial charge is 0.456 e. The molecule has 0 saturated carbocycles. The van der Waals surface area contributed by atoms with E-state index in [0.717, 1.165) is 49.8 Å². The lowest BCUT2D eigenvalue weighted by Gasteiger charge is -2.34. The van der Waals surface area contributed by atoms with Crippen molar-refractivity contribution in [3.8, 4) is 56.4 Å². The van der Waals surface area contributed by atoms with E-state index < -0.39 is 5.41 Å². The Morgan fingerprint density at radius 1 is 0.357 bits per heavy atom. The van der Waals surface area contributed by atoms with Gasteiger partial charge in [-0.3, -0.25) is 0 Å². The van der Waals surface area contributed by atoms with Crippen LogP contribution in [-0.4, -0.2) is 15.0 Å². The van der Waals surface area contributed by atoms with Gasteiger partial charge in [-0.15, -0.1) is 0 Å². The molecule has 0 amide bonds. The summed E-state index contributed by atoms with van der Waals surface area (Å²) in [6, 6.07) is 70.5. The van der Waals surface area contributed by atoms with Crippen LogP contribution in [-0.2, 0) is 5.41 Å². The summed E-state index contributed by atoms with van der Waals surface area (Å²) in [5.41, 5.74) is 13.4.